The van der Waals surface area contributed by atoms with Gasteiger partial charge in [-0.1, -0.05) is 14.9 Å². The van der Waals surface area contributed by atoms with E-state index in [1.807, 2.05) is 0 Å². The summed E-state index contributed by atoms with van der Waals surface area (Å²) in [6, 6.07) is 17.7. The van der Waals surface area contributed by atoms with Gasteiger partial charge in [-0.05, 0) is 0 Å². The summed E-state index contributed by atoms with van der Waals surface area (Å²) < 4.78 is 6.11. The van der Waals surface area contributed by atoms with Crippen molar-refractivity contribution in [2.24, 2.45) is 0 Å². The van der Waals surface area contributed by atoms with E-state index in [0.29, 0.717) is 29.9 Å². The maximum absolute atomic E-state index is 2.42. The van der Waals surface area contributed by atoms with E-state index in [-0.39, 0.29) is 14.9 Å². The van der Waals surface area contributed by atoms with Gasteiger partial charge in [-0.15, -0.1) is 0 Å². The third kappa shape index (κ3) is 8.02. The normalized spacial score (nSPS) is 10.3. The maximum atomic E-state index is 2.42. The molecule has 4 aromatic carbocycles. The third-order valence-electron chi connectivity index (χ3n) is 8.14. The van der Waals surface area contributed by atoms with Gasteiger partial charge in [0, 0.05) is 0 Å². The topological polar surface area (TPSA) is 0 Å². The zero-order valence-corrected chi connectivity index (χ0v) is 28.9. The van der Waals surface area contributed by atoms with Crippen molar-refractivity contribution in [1.29, 1.82) is 0 Å². The summed E-state index contributed by atoms with van der Waals surface area (Å²) in [5.74, 6) is 0. The van der Waals surface area contributed by atoms with Crippen molar-refractivity contribution >= 4 is 47.8 Å². The Morgan fingerprint density at radius 1 is 0.400 bits per heavy atom. The fraction of sp³-hybridized carbons (Fsp3) is 0.368. The minimum atomic E-state index is 0. The molecule has 0 amide bonds. The summed E-state index contributed by atoms with van der Waals surface area (Å²) in [7, 11) is 0. The van der Waals surface area contributed by atoms with Gasteiger partial charge < -0.3 is 0 Å². The average molecular weight is 667 g/mol. The number of hydrogen-bond acceptors (Lipinski definition) is 0. The number of rotatable bonds is 4. The van der Waals surface area contributed by atoms with Crippen molar-refractivity contribution in [3.05, 3.63) is 115 Å². The predicted molar refractivity (Wildman–Crippen MR) is 186 cm³/mol. The predicted octanol–water partition coefficient (Wildman–Crippen LogP) is 7.66. The first kappa shape index (κ1) is 35.9. The van der Waals surface area contributed by atoms with Gasteiger partial charge in [0.2, 0.25) is 0 Å². The Hall–Kier alpha value is -2.08. The van der Waals surface area contributed by atoms with Crippen LogP contribution in [0.15, 0.2) is 48.5 Å². The number of benzene rings is 4. The second-order valence-electron chi connectivity index (χ2n) is 10.8. The number of hydrogen-bond donors (Lipinski definition) is 0. The molecule has 216 valence electrons. The molecule has 0 N–H and O–H groups in total. The Bertz CT molecular complexity index is 1410. The SMILES string of the molecule is C.C.Cc1cc(C)c([Se]c2ccccc2)c(C)c1.Cc1cc([Se]c2c(C)c(C)c(C)c(C)c2C)c(C)c(C)c1C. The van der Waals surface area contributed by atoms with Crippen LogP contribution >= 0.6 is 0 Å². The molecule has 0 radical (unpaired) electrons. The molecule has 0 aliphatic heterocycles. The van der Waals surface area contributed by atoms with Crippen LogP contribution in [0.25, 0.3) is 0 Å². The van der Waals surface area contributed by atoms with Gasteiger partial charge >= 0.3 is 246 Å². The quantitative estimate of drug-likeness (QED) is 0.196. The van der Waals surface area contributed by atoms with Crippen LogP contribution in [-0.4, -0.2) is 29.9 Å². The van der Waals surface area contributed by atoms with Crippen LogP contribution in [0.3, 0.4) is 0 Å². The van der Waals surface area contributed by atoms with Crippen LogP contribution in [0.2, 0.25) is 0 Å². The standard InChI is InChI=1S/C21H28Se.C15H16Se.2CH4/c1-11-10-20(17(7)13(3)12(11)2)22-21-18(8)15(5)14(4)16(6)19(21)9;1-11-9-12(2)15(13(3)10-11)16-14-7-5-4-6-8-14;;/h10H,1-9H3;4-10H,1-3H3;2*1H4. The number of aryl methyl sites for hydroxylation is 4. The molecule has 0 nitrogen and oxygen atoms in total. The molecule has 0 aliphatic rings. The van der Waals surface area contributed by atoms with Crippen LogP contribution in [0.1, 0.15) is 81.6 Å². The molecule has 0 fully saturated rings. The molecular formula is C38H52Se2. The molecule has 0 bridgehead atoms. The van der Waals surface area contributed by atoms with Crippen molar-refractivity contribution in [2.45, 2.75) is 97.9 Å². The Labute approximate surface area is 259 Å². The Morgan fingerprint density at radius 2 is 0.850 bits per heavy atom. The molecule has 0 aliphatic carbocycles. The second kappa shape index (κ2) is 15.2. The van der Waals surface area contributed by atoms with Crippen molar-refractivity contribution in [3.8, 4) is 0 Å². The first-order valence-corrected chi connectivity index (χ1v) is 16.9. The van der Waals surface area contributed by atoms with Gasteiger partial charge in [-0.2, -0.15) is 0 Å². The van der Waals surface area contributed by atoms with Crippen molar-refractivity contribution < 1.29 is 0 Å². The van der Waals surface area contributed by atoms with Crippen LogP contribution in [0, 0.1) is 83.1 Å². The van der Waals surface area contributed by atoms with E-state index >= 15 is 0 Å². The van der Waals surface area contributed by atoms with Gasteiger partial charge in [0.05, 0.1) is 0 Å². The average Bonchev–Trinajstić information content (AvgIpc) is 2.89. The van der Waals surface area contributed by atoms with Gasteiger partial charge in [0.15, 0.2) is 0 Å². The van der Waals surface area contributed by atoms with Gasteiger partial charge in [-0.3, -0.25) is 0 Å². The summed E-state index contributed by atoms with van der Waals surface area (Å²) in [6.07, 6.45) is 0. The van der Waals surface area contributed by atoms with Gasteiger partial charge in [-0.25, -0.2) is 0 Å². The summed E-state index contributed by atoms with van der Waals surface area (Å²) in [6.45, 7) is 27.1. The van der Waals surface area contributed by atoms with Gasteiger partial charge in [0.25, 0.3) is 0 Å². The van der Waals surface area contributed by atoms with E-state index < -0.39 is 0 Å². The third-order valence-corrected chi connectivity index (χ3v) is 14.1. The van der Waals surface area contributed by atoms with Gasteiger partial charge in [0.1, 0.15) is 0 Å². The molecule has 4 rings (SSSR count). The molecular weight excluding hydrogens is 614 g/mol. The molecule has 2 heteroatoms. The van der Waals surface area contributed by atoms with E-state index in [2.05, 4.69) is 132 Å². The van der Waals surface area contributed by atoms with E-state index in [0.717, 1.165) is 0 Å². The van der Waals surface area contributed by atoms with Crippen LogP contribution in [-0.2, 0) is 0 Å². The summed E-state index contributed by atoms with van der Waals surface area (Å²) in [4.78, 5) is 0. The zero-order chi connectivity index (χ0) is 28.3. The summed E-state index contributed by atoms with van der Waals surface area (Å²) >= 11 is 0.813. The molecule has 0 spiro atoms. The molecule has 0 unspecified atom stereocenters. The Kier molecular flexibility index (Phi) is 13.7. The first-order chi connectivity index (χ1) is 17.8. The van der Waals surface area contributed by atoms with Crippen LogP contribution in [0.5, 0.6) is 0 Å². The van der Waals surface area contributed by atoms with Crippen LogP contribution < -0.4 is 17.8 Å². The Balaban J connectivity index is 0.000000397. The molecule has 0 saturated carbocycles. The molecule has 0 heterocycles. The van der Waals surface area contributed by atoms with Crippen molar-refractivity contribution in [3.63, 3.8) is 0 Å². The monoisotopic (exact) mass is 668 g/mol. The van der Waals surface area contributed by atoms with Crippen LogP contribution in [0.4, 0.5) is 0 Å². The minimum absolute atomic E-state index is 0. The molecule has 4 aromatic rings. The van der Waals surface area contributed by atoms with E-state index in [4.69, 9.17) is 0 Å². The van der Waals surface area contributed by atoms with Crippen molar-refractivity contribution in [1.82, 2.24) is 0 Å². The zero-order valence-electron chi connectivity index (χ0n) is 25.4. The molecule has 0 saturated heterocycles. The summed E-state index contributed by atoms with van der Waals surface area (Å²) in [5, 5.41) is 0. The summed E-state index contributed by atoms with van der Waals surface area (Å²) in [5.41, 5.74) is 17.4. The fourth-order valence-corrected chi connectivity index (χ4v) is 9.86. The van der Waals surface area contributed by atoms with E-state index in [1.165, 1.54) is 75.7 Å². The molecule has 0 aromatic heterocycles. The van der Waals surface area contributed by atoms with Crippen molar-refractivity contribution in [2.75, 3.05) is 0 Å². The van der Waals surface area contributed by atoms with E-state index in [9.17, 15) is 0 Å². The molecule has 0 atom stereocenters. The molecule has 40 heavy (non-hydrogen) atoms. The Morgan fingerprint density at radius 3 is 1.35 bits per heavy atom. The second-order valence-corrected chi connectivity index (χ2v) is 15.2. The van der Waals surface area contributed by atoms with E-state index in [1.54, 1.807) is 8.92 Å². The fourth-order valence-electron chi connectivity index (χ4n) is 4.94. The first-order valence-electron chi connectivity index (χ1n) is 13.5.